The highest BCUT2D eigenvalue weighted by Crippen LogP contribution is 2.26. The van der Waals surface area contributed by atoms with Gasteiger partial charge in [-0.1, -0.05) is 5.16 Å². The molecule has 0 atom stereocenters. The lowest BCUT2D eigenvalue weighted by Gasteiger charge is -2.25. The number of allylic oxidation sites excluding steroid dienone is 1. The Morgan fingerprint density at radius 3 is 2.86 bits per heavy atom. The predicted molar refractivity (Wildman–Crippen MR) is 108 cm³/mol. The minimum absolute atomic E-state index is 0.596. The molecule has 1 aromatic carbocycles. The first-order valence-electron chi connectivity index (χ1n) is 9.31. The van der Waals surface area contributed by atoms with Crippen LogP contribution in [0.5, 0.6) is 0 Å². The summed E-state index contributed by atoms with van der Waals surface area (Å²) in [7, 11) is 0. The molecule has 3 aromatic rings. The molecule has 1 aliphatic heterocycles. The first kappa shape index (κ1) is 18.3. The molecule has 1 saturated heterocycles. The van der Waals surface area contributed by atoms with E-state index >= 15 is 0 Å². The van der Waals surface area contributed by atoms with Crippen molar-refractivity contribution in [1.82, 2.24) is 30.3 Å². The van der Waals surface area contributed by atoms with Crippen LogP contribution in [0.3, 0.4) is 0 Å². The number of aryl methyl sites for hydroxylation is 1. The van der Waals surface area contributed by atoms with Crippen molar-refractivity contribution in [3.05, 3.63) is 47.8 Å². The van der Waals surface area contributed by atoms with Gasteiger partial charge in [0.05, 0.1) is 18.4 Å². The van der Waals surface area contributed by atoms with Crippen molar-refractivity contribution >= 4 is 12.3 Å². The van der Waals surface area contributed by atoms with Gasteiger partial charge in [-0.25, -0.2) is 4.98 Å². The van der Waals surface area contributed by atoms with Crippen molar-refractivity contribution in [3.8, 4) is 22.6 Å². The molecule has 0 radical (unpaired) electrons. The van der Waals surface area contributed by atoms with Gasteiger partial charge in [0.2, 0.25) is 11.7 Å². The van der Waals surface area contributed by atoms with E-state index < -0.39 is 0 Å². The fourth-order valence-corrected chi connectivity index (χ4v) is 3.27. The number of aromatic amines is 1. The number of piperazine rings is 1. The number of aromatic nitrogens is 4. The van der Waals surface area contributed by atoms with Gasteiger partial charge in [0.15, 0.2) is 0 Å². The van der Waals surface area contributed by atoms with E-state index in [1.807, 2.05) is 13.0 Å². The van der Waals surface area contributed by atoms with E-state index in [1.54, 1.807) is 18.3 Å². The van der Waals surface area contributed by atoms with Crippen LogP contribution in [0.15, 0.2) is 35.0 Å². The summed E-state index contributed by atoms with van der Waals surface area (Å²) in [5, 5.41) is 14.6. The van der Waals surface area contributed by atoms with E-state index in [0.29, 0.717) is 24.1 Å². The van der Waals surface area contributed by atoms with Gasteiger partial charge in [0.1, 0.15) is 5.82 Å². The number of H-pyrrole nitrogens is 1. The van der Waals surface area contributed by atoms with E-state index in [1.165, 1.54) is 6.21 Å². The minimum atomic E-state index is 0.596. The highest BCUT2D eigenvalue weighted by Gasteiger charge is 2.16. The van der Waals surface area contributed by atoms with Crippen molar-refractivity contribution < 1.29 is 4.52 Å². The van der Waals surface area contributed by atoms with Gasteiger partial charge >= 0.3 is 0 Å². The van der Waals surface area contributed by atoms with E-state index in [4.69, 9.17) is 9.93 Å². The standard InChI is InChI=1S/C20H23N7O/c1-14-9-15(17-12-23-18(24-17)3-2-4-21)11-16(10-14)20-25-19(28-26-20)13-27-7-5-22-6-8-27/h2-4,9-12,21-22H,5-8,13H2,1H3,(H,23,24)/b3-2-,21-4?. The molecular formula is C20H23N7O. The Hall–Kier alpha value is -3.10. The highest BCUT2D eigenvalue weighted by atomic mass is 16.5. The summed E-state index contributed by atoms with van der Waals surface area (Å²) in [5.74, 6) is 1.94. The molecule has 4 rings (SSSR count). The van der Waals surface area contributed by atoms with Gasteiger partial charge in [0.25, 0.3) is 0 Å². The molecule has 2 aromatic heterocycles. The Balaban J connectivity index is 1.56. The lowest BCUT2D eigenvalue weighted by Crippen LogP contribution is -2.42. The number of imidazole rings is 1. The second-order valence-electron chi connectivity index (χ2n) is 6.83. The van der Waals surface area contributed by atoms with Gasteiger partial charge in [-0.15, -0.1) is 0 Å². The van der Waals surface area contributed by atoms with E-state index in [0.717, 1.165) is 48.6 Å². The van der Waals surface area contributed by atoms with Crippen molar-refractivity contribution in [1.29, 1.82) is 5.41 Å². The number of nitrogens with zero attached hydrogens (tertiary/aromatic N) is 4. The molecule has 0 saturated carbocycles. The van der Waals surface area contributed by atoms with Gasteiger partial charge in [0, 0.05) is 43.5 Å². The molecule has 3 heterocycles. The van der Waals surface area contributed by atoms with Gasteiger partial charge in [-0.05, 0) is 42.8 Å². The topological polar surface area (TPSA) is 107 Å². The fourth-order valence-electron chi connectivity index (χ4n) is 3.27. The van der Waals surface area contributed by atoms with Crippen molar-refractivity contribution in [2.45, 2.75) is 13.5 Å². The highest BCUT2D eigenvalue weighted by molar-refractivity contribution is 5.75. The van der Waals surface area contributed by atoms with Crippen LogP contribution in [0.1, 0.15) is 17.3 Å². The summed E-state index contributed by atoms with van der Waals surface area (Å²) >= 11 is 0. The van der Waals surface area contributed by atoms with E-state index in [2.05, 4.69) is 42.5 Å². The van der Waals surface area contributed by atoms with Gasteiger partial charge in [-0.2, -0.15) is 4.98 Å². The zero-order valence-corrected chi connectivity index (χ0v) is 15.8. The lowest BCUT2D eigenvalue weighted by atomic mass is 10.0. The molecule has 0 amide bonds. The third kappa shape index (κ3) is 4.24. The van der Waals surface area contributed by atoms with Crippen molar-refractivity contribution in [3.63, 3.8) is 0 Å². The molecule has 0 bridgehead atoms. The number of rotatable bonds is 6. The van der Waals surface area contributed by atoms with Crippen LogP contribution in [0.4, 0.5) is 0 Å². The molecule has 28 heavy (non-hydrogen) atoms. The number of hydrogen-bond donors (Lipinski definition) is 3. The maximum atomic E-state index is 7.08. The average molecular weight is 377 g/mol. The van der Waals surface area contributed by atoms with Crippen molar-refractivity contribution in [2.24, 2.45) is 0 Å². The second kappa shape index (κ2) is 8.28. The quantitative estimate of drug-likeness (QED) is 0.570. The summed E-state index contributed by atoms with van der Waals surface area (Å²) in [6.07, 6.45) is 6.40. The molecule has 0 spiro atoms. The lowest BCUT2D eigenvalue weighted by molar-refractivity contribution is 0.203. The Labute approximate surface area is 163 Å². The SMILES string of the molecule is Cc1cc(-c2noc(CN3CCNCC3)n2)cc(-c2cnc(/C=C\C=N)[nH]2)c1. The fraction of sp³-hybridized carbons (Fsp3) is 0.300. The Bertz CT molecular complexity index is 982. The van der Waals surface area contributed by atoms with Crippen LogP contribution in [0.2, 0.25) is 0 Å². The third-order valence-electron chi connectivity index (χ3n) is 4.63. The molecule has 144 valence electrons. The third-order valence-corrected chi connectivity index (χ3v) is 4.63. The molecular weight excluding hydrogens is 354 g/mol. The molecule has 1 aliphatic rings. The monoisotopic (exact) mass is 377 g/mol. The number of benzene rings is 1. The summed E-state index contributed by atoms with van der Waals surface area (Å²) in [6, 6.07) is 6.17. The second-order valence-corrected chi connectivity index (χ2v) is 6.83. The number of hydrogen-bond acceptors (Lipinski definition) is 7. The van der Waals surface area contributed by atoms with Crippen LogP contribution in [-0.4, -0.2) is 57.4 Å². The maximum absolute atomic E-state index is 7.08. The van der Waals surface area contributed by atoms with Gasteiger partial charge in [-0.3, -0.25) is 4.90 Å². The smallest absolute Gasteiger partial charge is 0.241 e. The Morgan fingerprint density at radius 1 is 1.21 bits per heavy atom. The molecule has 8 heteroatoms. The zero-order valence-electron chi connectivity index (χ0n) is 15.8. The molecule has 8 nitrogen and oxygen atoms in total. The van der Waals surface area contributed by atoms with Crippen LogP contribution in [-0.2, 0) is 6.54 Å². The summed E-state index contributed by atoms with van der Waals surface area (Å²) in [6.45, 7) is 6.67. The average Bonchev–Trinajstić information content (AvgIpc) is 3.36. The van der Waals surface area contributed by atoms with E-state index in [-0.39, 0.29) is 0 Å². The van der Waals surface area contributed by atoms with Crippen LogP contribution in [0.25, 0.3) is 28.7 Å². The Kier molecular flexibility index (Phi) is 5.41. The minimum Gasteiger partial charge on any atom is -0.338 e. The first-order chi connectivity index (χ1) is 13.7. The Morgan fingerprint density at radius 2 is 2.04 bits per heavy atom. The zero-order chi connectivity index (χ0) is 19.3. The van der Waals surface area contributed by atoms with Crippen molar-refractivity contribution in [2.75, 3.05) is 26.2 Å². The largest absolute Gasteiger partial charge is 0.338 e. The molecule has 3 N–H and O–H groups in total. The van der Waals surface area contributed by atoms with Crippen LogP contribution in [0, 0.1) is 12.3 Å². The van der Waals surface area contributed by atoms with Gasteiger partial charge < -0.3 is 20.2 Å². The normalized spacial score (nSPS) is 15.3. The number of nitrogens with one attached hydrogen (secondary N) is 3. The van der Waals surface area contributed by atoms with Crippen LogP contribution >= 0.6 is 0 Å². The molecule has 1 fully saturated rings. The van der Waals surface area contributed by atoms with Crippen LogP contribution < -0.4 is 5.32 Å². The maximum Gasteiger partial charge on any atom is 0.241 e. The summed E-state index contributed by atoms with van der Waals surface area (Å²) in [4.78, 5) is 14.5. The van der Waals surface area contributed by atoms with E-state index in [9.17, 15) is 0 Å². The first-order valence-corrected chi connectivity index (χ1v) is 9.31. The summed E-state index contributed by atoms with van der Waals surface area (Å²) < 4.78 is 5.48. The summed E-state index contributed by atoms with van der Waals surface area (Å²) in [5.41, 5.74) is 3.92. The molecule has 0 unspecified atom stereocenters. The molecule has 0 aliphatic carbocycles. The predicted octanol–water partition coefficient (Wildman–Crippen LogP) is 2.50.